The first-order chi connectivity index (χ1) is 9.54. The molecule has 0 saturated heterocycles. The van der Waals surface area contributed by atoms with Crippen molar-refractivity contribution in [1.29, 1.82) is 0 Å². The first-order valence-electron chi connectivity index (χ1n) is 6.24. The molecule has 110 valence electrons. The molecule has 2 amide bonds. The maximum atomic E-state index is 11.1. The fraction of sp³-hybridized carbons (Fsp3) is 0.385. The van der Waals surface area contributed by atoms with Gasteiger partial charge in [0.1, 0.15) is 12.4 Å². The number of hydrogen-bond donors (Lipinski definition) is 3. The highest BCUT2D eigenvalue weighted by Gasteiger charge is 2.18. The average Bonchev–Trinajstić information content (AvgIpc) is 2.70. The van der Waals surface area contributed by atoms with Gasteiger partial charge < -0.3 is 15.6 Å². The number of urea groups is 1. The Morgan fingerprint density at radius 1 is 1.55 bits per heavy atom. The van der Waals surface area contributed by atoms with Gasteiger partial charge >= 0.3 is 6.03 Å². The minimum atomic E-state index is -0.682. The van der Waals surface area contributed by atoms with Gasteiger partial charge in [0.05, 0.1) is 17.9 Å². The van der Waals surface area contributed by atoms with Gasteiger partial charge in [0.15, 0.2) is 0 Å². The Morgan fingerprint density at radius 2 is 2.25 bits per heavy atom. The van der Waals surface area contributed by atoms with Crippen LogP contribution in [0.5, 0.6) is 5.88 Å². The second-order valence-electron chi connectivity index (χ2n) is 3.97. The van der Waals surface area contributed by atoms with Gasteiger partial charge in [-0.2, -0.15) is 0 Å². The number of aliphatic hydroxyl groups excluding tert-OH is 1. The van der Waals surface area contributed by atoms with E-state index < -0.39 is 6.03 Å². The van der Waals surface area contributed by atoms with E-state index in [1.165, 1.54) is 4.68 Å². The number of amides is 2. The number of rotatable bonds is 6. The Labute approximate surface area is 117 Å². The number of ether oxygens (including phenoxy) is 1. The minimum absolute atomic E-state index is 0.115. The predicted molar refractivity (Wildman–Crippen MR) is 77.5 cm³/mol. The molecule has 0 saturated carbocycles. The van der Waals surface area contributed by atoms with Crippen molar-refractivity contribution >= 4 is 17.5 Å². The largest absolute Gasteiger partial charge is 0.474 e. The SMILES string of the molecule is C/C=C\C(=C/C)n1nc(OCCO)c(C)c1NC(N)=O. The van der Waals surface area contributed by atoms with Crippen molar-refractivity contribution < 1.29 is 14.6 Å². The molecule has 0 bridgehead atoms. The van der Waals surface area contributed by atoms with E-state index in [4.69, 9.17) is 15.6 Å². The zero-order valence-electron chi connectivity index (χ0n) is 11.9. The van der Waals surface area contributed by atoms with Crippen LogP contribution in [0.4, 0.5) is 10.6 Å². The molecule has 0 aliphatic rings. The molecule has 0 aromatic carbocycles. The summed E-state index contributed by atoms with van der Waals surface area (Å²) in [4.78, 5) is 11.1. The Morgan fingerprint density at radius 3 is 2.75 bits per heavy atom. The van der Waals surface area contributed by atoms with Gasteiger partial charge in [-0.3, -0.25) is 5.32 Å². The molecule has 0 aliphatic heterocycles. The third-order valence-electron chi connectivity index (χ3n) is 2.53. The lowest BCUT2D eigenvalue weighted by molar-refractivity contribution is 0.195. The summed E-state index contributed by atoms with van der Waals surface area (Å²) in [7, 11) is 0. The third kappa shape index (κ3) is 3.61. The number of aromatic nitrogens is 2. The van der Waals surface area contributed by atoms with Crippen molar-refractivity contribution in [3.63, 3.8) is 0 Å². The third-order valence-corrected chi connectivity index (χ3v) is 2.53. The first-order valence-corrected chi connectivity index (χ1v) is 6.24. The molecule has 4 N–H and O–H groups in total. The van der Waals surface area contributed by atoms with Crippen LogP contribution in [0.3, 0.4) is 0 Å². The molecule has 0 spiro atoms. The van der Waals surface area contributed by atoms with E-state index in [2.05, 4.69) is 10.4 Å². The monoisotopic (exact) mass is 280 g/mol. The minimum Gasteiger partial charge on any atom is -0.474 e. The molecular weight excluding hydrogens is 260 g/mol. The molecule has 20 heavy (non-hydrogen) atoms. The fourth-order valence-corrected chi connectivity index (χ4v) is 1.67. The molecule has 0 unspecified atom stereocenters. The van der Waals surface area contributed by atoms with Crippen LogP contribution in [0.15, 0.2) is 18.2 Å². The normalized spacial score (nSPS) is 11.9. The van der Waals surface area contributed by atoms with Gasteiger partial charge in [-0.1, -0.05) is 12.2 Å². The summed E-state index contributed by atoms with van der Waals surface area (Å²) in [6, 6.07) is -0.682. The summed E-state index contributed by atoms with van der Waals surface area (Å²) >= 11 is 0. The Hall–Kier alpha value is -2.28. The molecule has 0 aliphatic carbocycles. The maximum absolute atomic E-state index is 11.1. The molecule has 7 heteroatoms. The summed E-state index contributed by atoms with van der Waals surface area (Å²) in [5.74, 6) is 0.781. The number of carbonyl (C=O) groups excluding carboxylic acids is 1. The number of aliphatic hydroxyl groups is 1. The van der Waals surface area contributed by atoms with Crippen molar-refractivity contribution in [2.75, 3.05) is 18.5 Å². The number of nitrogens with zero attached hydrogens (tertiary/aromatic N) is 2. The number of anilines is 1. The van der Waals surface area contributed by atoms with Crippen LogP contribution >= 0.6 is 0 Å². The molecule has 1 aromatic heterocycles. The fourth-order valence-electron chi connectivity index (χ4n) is 1.67. The zero-order chi connectivity index (χ0) is 15.1. The van der Waals surface area contributed by atoms with Gasteiger partial charge in [-0.15, -0.1) is 5.10 Å². The van der Waals surface area contributed by atoms with E-state index in [-0.39, 0.29) is 13.2 Å². The summed E-state index contributed by atoms with van der Waals surface area (Å²) < 4.78 is 6.87. The highest BCUT2D eigenvalue weighted by molar-refractivity contribution is 5.89. The zero-order valence-corrected chi connectivity index (χ0v) is 11.9. The Bertz CT molecular complexity index is 532. The summed E-state index contributed by atoms with van der Waals surface area (Å²) in [6.07, 6.45) is 5.54. The lowest BCUT2D eigenvalue weighted by atomic mass is 10.3. The summed E-state index contributed by atoms with van der Waals surface area (Å²) in [6.45, 7) is 5.50. The molecule has 0 radical (unpaired) electrons. The van der Waals surface area contributed by atoms with Crippen LogP contribution in [0.2, 0.25) is 0 Å². The van der Waals surface area contributed by atoms with Gasteiger partial charge in [0.25, 0.3) is 0 Å². The molecule has 7 nitrogen and oxygen atoms in total. The van der Waals surface area contributed by atoms with E-state index in [0.29, 0.717) is 17.3 Å². The molecule has 0 fully saturated rings. The van der Waals surface area contributed by atoms with Crippen LogP contribution in [-0.4, -0.2) is 34.1 Å². The van der Waals surface area contributed by atoms with E-state index >= 15 is 0 Å². The van der Waals surface area contributed by atoms with Crippen molar-refractivity contribution in [2.24, 2.45) is 5.73 Å². The number of primary amides is 1. The van der Waals surface area contributed by atoms with E-state index in [1.54, 1.807) is 6.92 Å². The standard InChI is InChI=1S/C13H20N4O3/c1-4-6-10(5-2)17-11(15-13(14)19)9(3)12(16-17)20-8-7-18/h4-6,18H,7-8H2,1-3H3,(H3,14,15,19)/b6-4-,10-5+. The van der Waals surface area contributed by atoms with Crippen LogP contribution < -0.4 is 15.8 Å². The number of allylic oxidation sites excluding steroid dienone is 4. The molecule has 1 heterocycles. The second kappa shape index (κ2) is 7.34. The number of nitrogens with two attached hydrogens (primary N) is 1. The van der Waals surface area contributed by atoms with Crippen LogP contribution in [0.25, 0.3) is 5.70 Å². The molecular formula is C13H20N4O3. The number of nitrogens with one attached hydrogen (secondary N) is 1. The topological polar surface area (TPSA) is 102 Å². The lowest BCUT2D eigenvalue weighted by Gasteiger charge is -2.08. The quantitative estimate of drug-likeness (QED) is 0.687. The molecule has 1 rings (SSSR count). The number of hydrogen-bond acceptors (Lipinski definition) is 4. The van der Waals surface area contributed by atoms with Crippen LogP contribution in [0.1, 0.15) is 19.4 Å². The van der Waals surface area contributed by atoms with Crippen molar-refractivity contribution in [1.82, 2.24) is 9.78 Å². The van der Waals surface area contributed by atoms with Crippen molar-refractivity contribution in [2.45, 2.75) is 20.8 Å². The van der Waals surface area contributed by atoms with Crippen LogP contribution in [-0.2, 0) is 0 Å². The number of carbonyl (C=O) groups is 1. The lowest BCUT2D eigenvalue weighted by Crippen LogP contribution is -2.22. The van der Waals surface area contributed by atoms with E-state index in [1.807, 2.05) is 32.1 Å². The maximum Gasteiger partial charge on any atom is 0.317 e. The summed E-state index contributed by atoms with van der Waals surface area (Å²) in [5, 5.41) is 15.6. The summed E-state index contributed by atoms with van der Waals surface area (Å²) in [5.41, 5.74) is 6.58. The van der Waals surface area contributed by atoms with Crippen molar-refractivity contribution in [3.05, 3.63) is 23.8 Å². The Balaban J connectivity index is 3.28. The van der Waals surface area contributed by atoms with Crippen LogP contribution in [0, 0.1) is 6.92 Å². The highest BCUT2D eigenvalue weighted by Crippen LogP contribution is 2.28. The smallest absolute Gasteiger partial charge is 0.317 e. The average molecular weight is 280 g/mol. The van der Waals surface area contributed by atoms with E-state index in [0.717, 1.165) is 5.70 Å². The Kier molecular flexibility index (Phi) is 5.79. The van der Waals surface area contributed by atoms with Crippen molar-refractivity contribution in [3.8, 4) is 5.88 Å². The predicted octanol–water partition coefficient (Wildman–Crippen LogP) is 1.49. The molecule has 1 aromatic rings. The highest BCUT2D eigenvalue weighted by atomic mass is 16.5. The first kappa shape index (κ1) is 15.8. The van der Waals surface area contributed by atoms with Gasteiger partial charge in [0, 0.05) is 0 Å². The van der Waals surface area contributed by atoms with E-state index in [9.17, 15) is 4.79 Å². The second-order valence-corrected chi connectivity index (χ2v) is 3.97. The molecule has 0 atom stereocenters. The van der Waals surface area contributed by atoms with Gasteiger partial charge in [0.2, 0.25) is 5.88 Å². The van der Waals surface area contributed by atoms with Gasteiger partial charge in [-0.25, -0.2) is 9.48 Å². The van der Waals surface area contributed by atoms with Gasteiger partial charge in [-0.05, 0) is 26.8 Å².